The number of benzene rings is 1. The van der Waals surface area contributed by atoms with Gasteiger partial charge in [0.15, 0.2) is 0 Å². The van der Waals surface area contributed by atoms with Crippen molar-refractivity contribution in [1.82, 2.24) is 4.90 Å². The van der Waals surface area contributed by atoms with E-state index in [0.717, 1.165) is 51.1 Å². The molecule has 1 aliphatic heterocycles. The Morgan fingerprint density at radius 1 is 1.30 bits per heavy atom. The third kappa shape index (κ3) is 2.89. The zero-order valence-electron chi connectivity index (χ0n) is 12.3. The maximum Gasteiger partial charge on any atom is 0.119 e. The number of fused-ring (bicyclic) bond motifs is 1. The molecule has 108 valence electrons. The van der Waals surface area contributed by atoms with Crippen LogP contribution in [0, 0.1) is 0 Å². The third-order valence-corrected chi connectivity index (χ3v) is 4.56. The lowest BCUT2D eigenvalue weighted by Crippen LogP contribution is -2.40. The topological polar surface area (TPSA) is 38.5 Å². The molecule has 0 atom stereocenters. The van der Waals surface area contributed by atoms with E-state index < -0.39 is 0 Å². The molecule has 1 aromatic carbocycles. The summed E-state index contributed by atoms with van der Waals surface area (Å²) in [6, 6.07) is 6.85. The summed E-state index contributed by atoms with van der Waals surface area (Å²) in [5.74, 6) is 0.959. The fourth-order valence-electron chi connectivity index (χ4n) is 3.19. The molecule has 3 rings (SSSR count). The average molecular weight is 272 g/mol. The second-order valence-electron chi connectivity index (χ2n) is 5.89. The van der Waals surface area contributed by atoms with Gasteiger partial charge < -0.3 is 15.4 Å². The van der Waals surface area contributed by atoms with Gasteiger partial charge >= 0.3 is 0 Å². The summed E-state index contributed by atoms with van der Waals surface area (Å²) >= 11 is 0. The highest BCUT2D eigenvalue weighted by Gasteiger charge is 2.18. The number of nitrogens with zero attached hydrogens (tertiary/aromatic N) is 1. The summed E-state index contributed by atoms with van der Waals surface area (Å²) in [5.41, 5.74) is 10.3. The molecular weight excluding hydrogens is 248 g/mol. The maximum absolute atomic E-state index is 5.96. The summed E-state index contributed by atoms with van der Waals surface area (Å²) < 4.78 is 5.34. The molecular formula is C17H24N2O. The smallest absolute Gasteiger partial charge is 0.119 e. The first kappa shape index (κ1) is 13.7. The molecule has 1 heterocycles. The maximum atomic E-state index is 5.96. The summed E-state index contributed by atoms with van der Waals surface area (Å²) in [7, 11) is 1.73. The van der Waals surface area contributed by atoms with Crippen molar-refractivity contribution in [1.29, 1.82) is 0 Å². The van der Waals surface area contributed by atoms with Crippen molar-refractivity contribution in [3.05, 3.63) is 35.4 Å². The highest BCUT2D eigenvalue weighted by atomic mass is 16.5. The molecule has 0 amide bonds. The van der Waals surface area contributed by atoms with Crippen LogP contribution in [0.15, 0.2) is 24.3 Å². The number of hydrogen-bond donors (Lipinski definition) is 1. The Hall–Kier alpha value is -1.32. The average Bonchev–Trinajstić information content (AvgIpc) is 2.89. The van der Waals surface area contributed by atoms with Gasteiger partial charge in [-0.05, 0) is 67.6 Å². The van der Waals surface area contributed by atoms with Gasteiger partial charge in [-0.3, -0.25) is 0 Å². The number of hydrogen-bond acceptors (Lipinski definition) is 3. The van der Waals surface area contributed by atoms with E-state index in [0.29, 0.717) is 6.04 Å². The molecule has 1 saturated heterocycles. The van der Waals surface area contributed by atoms with E-state index in [1.165, 1.54) is 16.7 Å². The Kier molecular flexibility index (Phi) is 4.08. The Morgan fingerprint density at radius 3 is 2.85 bits per heavy atom. The number of methoxy groups -OCH3 is 1. The van der Waals surface area contributed by atoms with E-state index in [1.54, 1.807) is 7.11 Å². The third-order valence-electron chi connectivity index (χ3n) is 4.56. The minimum Gasteiger partial charge on any atom is -0.497 e. The Balaban J connectivity index is 1.60. The molecule has 0 unspecified atom stereocenters. The lowest BCUT2D eigenvalue weighted by molar-refractivity contribution is 0.218. The first-order valence-electron chi connectivity index (χ1n) is 7.60. The summed E-state index contributed by atoms with van der Waals surface area (Å²) in [5, 5.41) is 0. The van der Waals surface area contributed by atoms with Crippen LogP contribution in [0.1, 0.15) is 30.4 Å². The monoisotopic (exact) mass is 272 g/mol. The van der Waals surface area contributed by atoms with Gasteiger partial charge in [0.2, 0.25) is 0 Å². The van der Waals surface area contributed by atoms with Crippen LogP contribution in [-0.4, -0.2) is 37.7 Å². The van der Waals surface area contributed by atoms with E-state index in [2.05, 4.69) is 29.2 Å². The van der Waals surface area contributed by atoms with Gasteiger partial charge in [0.05, 0.1) is 7.11 Å². The van der Waals surface area contributed by atoms with Gasteiger partial charge in [-0.2, -0.15) is 0 Å². The van der Waals surface area contributed by atoms with Crippen molar-refractivity contribution in [3.8, 4) is 5.75 Å². The first-order chi connectivity index (χ1) is 9.76. The van der Waals surface area contributed by atoms with E-state index in [4.69, 9.17) is 10.5 Å². The van der Waals surface area contributed by atoms with Crippen molar-refractivity contribution in [3.63, 3.8) is 0 Å². The van der Waals surface area contributed by atoms with Crippen molar-refractivity contribution < 1.29 is 4.74 Å². The molecule has 1 fully saturated rings. The molecule has 20 heavy (non-hydrogen) atoms. The molecule has 3 heteroatoms. The SMILES string of the molecule is COc1ccc2c(c1)C(CCN1CCC(N)CC1)=CC2. The Labute approximate surface area is 121 Å². The van der Waals surface area contributed by atoms with Gasteiger partial charge in [0.1, 0.15) is 5.75 Å². The van der Waals surface area contributed by atoms with Crippen molar-refractivity contribution >= 4 is 5.57 Å². The minimum absolute atomic E-state index is 0.418. The van der Waals surface area contributed by atoms with E-state index in [9.17, 15) is 0 Å². The van der Waals surface area contributed by atoms with Crippen LogP contribution in [0.2, 0.25) is 0 Å². The predicted molar refractivity (Wildman–Crippen MR) is 82.9 cm³/mol. The normalized spacial score (nSPS) is 19.8. The molecule has 1 aliphatic carbocycles. The fourth-order valence-corrected chi connectivity index (χ4v) is 3.19. The molecule has 0 spiro atoms. The van der Waals surface area contributed by atoms with Crippen LogP contribution in [0.25, 0.3) is 5.57 Å². The van der Waals surface area contributed by atoms with Crippen molar-refractivity contribution in [2.24, 2.45) is 5.73 Å². The number of likely N-dealkylation sites (tertiary alicyclic amines) is 1. The molecule has 2 N–H and O–H groups in total. The van der Waals surface area contributed by atoms with Crippen LogP contribution >= 0.6 is 0 Å². The predicted octanol–water partition coefficient (Wildman–Crippen LogP) is 2.45. The molecule has 0 radical (unpaired) electrons. The standard InChI is InChI=1S/C17H24N2O/c1-20-16-5-4-13-2-3-14(17(13)12-16)6-9-19-10-7-15(18)8-11-19/h3-5,12,15H,2,6-11,18H2,1H3. The molecule has 0 saturated carbocycles. The van der Waals surface area contributed by atoms with Gasteiger partial charge in [-0.1, -0.05) is 12.1 Å². The molecule has 0 aromatic heterocycles. The van der Waals surface area contributed by atoms with Crippen molar-refractivity contribution in [2.45, 2.75) is 31.7 Å². The largest absolute Gasteiger partial charge is 0.497 e. The quantitative estimate of drug-likeness (QED) is 0.915. The number of nitrogens with two attached hydrogens (primary N) is 1. The van der Waals surface area contributed by atoms with Gasteiger partial charge in [-0.25, -0.2) is 0 Å². The molecule has 2 aliphatic rings. The fraction of sp³-hybridized carbons (Fsp3) is 0.529. The first-order valence-corrected chi connectivity index (χ1v) is 7.60. The second-order valence-corrected chi connectivity index (χ2v) is 5.89. The number of allylic oxidation sites excluding steroid dienone is 1. The van der Waals surface area contributed by atoms with Crippen LogP contribution in [0.5, 0.6) is 5.75 Å². The number of rotatable bonds is 4. The molecule has 3 nitrogen and oxygen atoms in total. The Bertz CT molecular complexity index is 502. The zero-order chi connectivity index (χ0) is 13.9. The van der Waals surface area contributed by atoms with E-state index in [1.807, 2.05) is 0 Å². The van der Waals surface area contributed by atoms with Crippen LogP contribution < -0.4 is 10.5 Å². The van der Waals surface area contributed by atoms with Crippen LogP contribution in [0.4, 0.5) is 0 Å². The molecule has 0 bridgehead atoms. The summed E-state index contributed by atoms with van der Waals surface area (Å²) in [6.07, 6.45) is 6.86. The zero-order valence-corrected chi connectivity index (χ0v) is 12.3. The highest BCUT2D eigenvalue weighted by Crippen LogP contribution is 2.32. The molecule has 1 aromatic rings. The second kappa shape index (κ2) is 5.98. The number of piperidine rings is 1. The van der Waals surface area contributed by atoms with Gasteiger partial charge in [-0.15, -0.1) is 0 Å². The van der Waals surface area contributed by atoms with Crippen LogP contribution in [-0.2, 0) is 6.42 Å². The van der Waals surface area contributed by atoms with Gasteiger partial charge in [0, 0.05) is 12.6 Å². The van der Waals surface area contributed by atoms with E-state index >= 15 is 0 Å². The summed E-state index contributed by atoms with van der Waals surface area (Å²) in [4.78, 5) is 2.54. The summed E-state index contributed by atoms with van der Waals surface area (Å²) in [6.45, 7) is 3.45. The lowest BCUT2D eigenvalue weighted by atomic mass is 10.0. The Morgan fingerprint density at radius 2 is 2.10 bits per heavy atom. The number of ether oxygens (including phenoxy) is 1. The van der Waals surface area contributed by atoms with Crippen LogP contribution in [0.3, 0.4) is 0 Å². The highest BCUT2D eigenvalue weighted by molar-refractivity contribution is 5.74. The van der Waals surface area contributed by atoms with Gasteiger partial charge in [0.25, 0.3) is 0 Å². The minimum atomic E-state index is 0.418. The lowest BCUT2D eigenvalue weighted by Gasteiger charge is -2.30. The van der Waals surface area contributed by atoms with Crippen molar-refractivity contribution in [2.75, 3.05) is 26.7 Å². The van der Waals surface area contributed by atoms with E-state index in [-0.39, 0.29) is 0 Å².